The molecule has 6 heteroatoms. The summed E-state index contributed by atoms with van der Waals surface area (Å²) in [7, 11) is 1.39. The van der Waals surface area contributed by atoms with E-state index in [1.165, 1.54) is 7.05 Å². The third-order valence-electron chi connectivity index (χ3n) is 2.17. The largest absolute Gasteiger partial charge is 0.440 e. The molecule has 0 aromatic heterocycles. The van der Waals surface area contributed by atoms with Crippen molar-refractivity contribution in [3.8, 4) is 0 Å². The number of aryl methyl sites for hydroxylation is 1. The standard InChI is InChI=1S/C12H14F3NO2/c1-9-4-3-5-10(6-9)7-16(2)11(17)18-8-12(13,14)15/h3-6H,7-8H2,1-2H3. The zero-order valence-electron chi connectivity index (χ0n) is 10.1. The average molecular weight is 261 g/mol. The lowest BCUT2D eigenvalue weighted by molar-refractivity contribution is -0.162. The molecule has 18 heavy (non-hydrogen) atoms. The van der Waals surface area contributed by atoms with Gasteiger partial charge in [-0.1, -0.05) is 29.8 Å². The van der Waals surface area contributed by atoms with Gasteiger partial charge in [0.05, 0.1) is 0 Å². The second-order valence-corrected chi connectivity index (χ2v) is 4.01. The Morgan fingerprint density at radius 2 is 2.06 bits per heavy atom. The Morgan fingerprint density at radius 1 is 1.39 bits per heavy atom. The van der Waals surface area contributed by atoms with Crippen molar-refractivity contribution in [3.05, 3.63) is 35.4 Å². The molecular formula is C12H14F3NO2. The second kappa shape index (κ2) is 5.75. The Kier molecular flexibility index (Phi) is 4.58. The van der Waals surface area contributed by atoms with E-state index in [1.807, 2.05) is 25.1 Å². The summed E-state index contributed by atoms with van der Waals surface area (Å²) in [4.78, 5) is 12.4. The number of hydrogen-bond donors (Lipinski definition) is 0. The lowest BCUT2D eigenvalue weighted by Crippen LogP contribution is -2.30. The van der Waals surface area contributed by atoms with Crippen LogP contribution in [0.5, 0.6) is 0 Å². The molecule has 0 bridgehead atoms. The molecule has 3 nitrogen and oxygen atoms in total. The summed E-state index contributed by atoms with van der Waals surface area (Å²) in [5.41, 5.74) is 1.85. The van der Waals surface area contributed by atoms with Crippen LogP contribution in [-0.2, 0) is 11.3 Å². The van der Waals surface area contributed by atoms with Crippen LogP contribution in [-0.4, -0.2) is 30.8 Å². The lowest BCUT2D eigenvalue weighted by Gasteiger charge is -2.17. The normalized spacial score (nSPS) is 11.2. The Labute approximate surface area is 103 Å². The Balaban J connectivity index is 2.50. The number of ether oxygens (including phenoxy) is 1. The molecule has 0 N–H and O–H groups in total. The van der Waals surface area contributed by atoms with Crippen molar-refractivity contribution in [2.75, 3.05) is 13.7 Å². The van der Waals surface area contributed by atoms with Gasteiger partial charge in [-0.2, -0.15) is 13.2 Å². The van der Waals surface area contributed by atoms with Gasteiger partial charge in [-0.25, -0.2) is 4.79 Å². The minimum Gasteiger partial charge on any atom is -0.440 e. The fourth-order valence-electron chi connectivity index (χ4n) is 1.40. The number of alkyl halides is 3. The van der Waals surface area contributed by atoms with Gasteiger partial charge in [-0.3, -0.25) is 0 Å². The molecule has 0 saturated carbocycles. The third-order valence-corrected chi connectivity index (χ3v) is 2.17. The maximum Gasteiger partial charge on any atom is 0.422 e. The number of carbonyl (C=O) groups excluding carboxylic acids is 1. The van der Waals surface area contributed by atoms with Crippen LogP contribution >= 0.6 is 0 Å². The molecule has 0 aliphatic rings. The van der Waals surface area contributed by atoms with E-state index in [2.05, 4.69) is 4.74 Å². The molecule has 0 aliphatic carbocycles. The van der Waals surface area contributed by atoms with E-state index in [9.17, 15) is 18.0 Å². The highest BCUT2D eigenvalue weighted by Crippen LogP contribution is 2.15. The molecule has 0 aliphatic heterocycles. The number of benzene rings is 1. The zero-order valence-corrected chi connectivity index (χ0v) is 10.1. The first-order valence-electron chi connectivity index (χ1n) is 5.28. The maximum absolute atomic E-state index is 11.9. The number of nitrogens with zero attached hydrogens (tertiary/aromatic N) is 1. The quantitative estimate of drug-likeness (QED) is 0.836. The predicted octanol–water partition coefficient (Wildman–Crippen LogP) is 3.13. The van der Waals surface area contributed by atoms with Crippen LogP contribution in [0, 0.1) is 6.92 Å². The monoisotopic (exact) mass is 261 g/mol. The minimum atomic E-state index is -4.50. The van der Waals surface area contributed by atoms with Gasteiger partial charge in [0.25, 0.3) is 0 Å². The van der Waals surface area contributed by atoms with Gasteiger partial charge >= 0.3 is 12.3 Å². The molecule has 1 aromatic carbocycles. The highest BCUT2D eigenvalue weighted by atomic mass is 19.4. The molecule has 0 saturated heterocycles. The first kappa shape index (κ1) is 14.3. The van der Waals surface area contributed by atoms with Crippen molar-refractivity contribution in [2.24, 2.45) is 0 Å². The first-order chi connectivity index (χ1) is 8.28. The molecular weight excluding hydrogens is 247 g/mol. The summed E-state index contributed by atoms with van der Waals surface area (Å²) in [5, 5.41) is 0. The highest BCUT2D eigenvalue weighted by Gasteiger charge is 2.30. The van der Waals surface area contributed by atoms with Crippen LogP contribution in [0.3, 0.4) is 0 Å². The van der Waals surface area contributed by atoms with Crippen molar-refractivity contribution in [1.82, 2.24) is 4.90 Å². The summed E-state index contributed by atoms with van der Waals surface area (Å²) in [6.07, 6.45) is -5.49. The summed E-state index contributed by atoms with van der Waals surface area (Å²) in [6, 6.07) is 7.36. The van der Waals surface area contributed by atoms with E-state index in [4.69, 9.17) is 0 Å². The number of rotatable bonds is 3. The third kappa shape index (κ3) is 5.07. The van der Waals surface area contributed by atoms with Crippen molar-refractivity contribution >= 4 is 6.09 Å². The summed E-state index contributed by atoms with van der Waals surface area (Å²) in [6.45, 7) is 0.536. The lowest BCUT2D eigenvalue weighted by atomic mass is 10.1. The molecule has 0 heterocycles. The van der Waals surface area contributed by atoms with E-state index >= 15 is 0 Å². The highest BCUT2D eigenvalue weighted by molar-refractivity contribution is 5.67. The van der Waals surface area contributed by atoms with Crippen molar-refractivity contribution < 1.29 is 22.7 Å². The molecule has 100 valence electrons. The van der Waals surface area contributed by atoms with Gasteiger partial charge in [0.2, 0.25) is 0 Å². The molecule has 0 atom stereocenters. The van der Waals surface area contributed by atoms with Crippen LogP contribution in [0.2, 0.25) is 0 Å². The van der Waals surface area contributed by atoms with Gasteiger partial charge in [0, 0.05) is 13.6 Å². The number of carbonyl (C=O) groups is 1. The zero-order chi connectivity index (χ0) is 13.8. The Morgan fingerprint density at radius 3 is 2.61 bits per heavy atom. The molecule has 0 fully saturated rings. The summed E-state index contributed by atoms with van der Waals surface area (Å²) < 4.78 is 39.7. The number of hydrogen-bond acceptors (Lipinski definition) is 2. The number of halogens is 3. The van der Waals surface area contributed by atoms with Crippen molar-refractivity contribution in [2.45, 2.75) is 19.6 Å². The van der Waals surface area contributed by atoms with Crippen molar-refractivity contribution in [3.63, 3.8) is 0 Å². The van der Waals surface area contributed by atoms with Gasteiger partial charge in [0.15, 0.2) is 6.61 Å². The molecule has 0 spiro atoms. The Hall–Kier alpha value is -1.72. The van der Waals surface area contributed by atoms with E-state index in [0.29, 0.717) is 0 Å². The molecule has 1 amide bonds. The van der Waals surface area contributed by atoms with Crippen LogP contribution in [0.4, 0.5) is 18.0 Å². The van der Waals surface area contributed by atoms with Crippen molar-refractivity contribution in [1.29, 1.82) is 0 Å². The molecule has 0 unspecified atom stereocenters. The van der Waals surface area contributed by atoms with E-state index < -0.39 is 18.9 Å². The fraction of sp³-hybridized carbons (Fsp3) is 0.417. The Bertz CT molecular complexity index is 418. The van der Waals surface area contributed by atoms with Gasteiger partial charge in [-0.15, -0.1) is 0 Å². The van der Waals surface area contributed by atoms with Crippen LogP contribution < -0.4 is 0 Å². The van der Waals surface area contributed by atoms with Gasteiger partial charge in [-0.05, 0) is 12.5 Å². The topological polar surface area (TPSA) is 29.5 Å². The van der Waals surface area contributed by atoms with Crippen LogP contribution in [0.15, 0.2) is 24.3 Å². The van der Waals surface area contributed by atoms with Crippen LogP contribution in [0.1, 0.15) is 11.1 Å². The molecule has 0 radical (unpaired) electrons. The van der Waals surface area contributed by atoms with E-state index in [0.717, 1.165) is 16.0 Å². The van der Waals surface area contributed by atoms with Gasteiger partial charge in [0.1, 0.15) is 0 Å². The summed E-state index contributed by atoms with van der Waals surface area (Å²) in [5.74, 6) is 0. The fourth-order valence-corrected chi connectivity index (χ4v) is 1.40. The minimum absolute atomic E-state index is 0.207. The van der Waals surface area contributed by atoms with Crippen LogP contribution in [0.25, 0.3) is 0 Å². The van der Waals surface area contributed by atoms with E-state index in [1.54, 1.807) is 6.07 Å². The number of amides is 1. The molecule has 1 rings (SSSR count). The second-order valence-electron chi connectivity index (χ2n) is 4.01. The van der Waals surface area contributed by atoms with Gasteiger partial charge < -0.3 is 9.64 Å². The average Bonchev–Trinajstić information content (AvgIpc) is 2.24. The first-order valence-corrected chi connectivity index (χ1v) is 5.28. The van der Waals surface area contributed by atoms with E-state index in [-0.39, 0.29) is 6.54 Å². The smallest absolute Gasteiger partial charge is 0.422 e. The maximum atomic E-state index is 11.9. The summed E-state index contributed by atoms with van der Waals surface area (Å²) >= 11 is 0. The molecule has 1 aromatic rings. The predicted molar refractivity (Wildman–Crippen MR) is 60.0 cm³/mol. The SMILES string of the molecule is Cc1cccc(CN(C)C(=O)OCC(F)(F)F)c1.